The topological polar surface area (TPSA) is 55.4 Å². The van der Waals surface area contributed by atoms with E-state index in [0.717, 1.165) is 17.0 Å². The molecule has 2 aromatic rings. The smallest absolute Gasteiger partial charge is 0.319 e. The lowest BCUT2D eigenvalue weighted by Gasteiger charge is -2.11. The number of carbonyl (C=O) groups is 2. The molecule has 24 heavy (non-hydrogen) atoms. The van der Waals surface area contributed by atoms with Crippen LogP contribution in [0.2, 0.25) is 0 Å². The van der Waals surface area contributed by atoms with Crippen LogP contribution in [0.5, 0.6) is 0 Å². The first kappa shape index (κ1) is 17.9. The molecule has 0 unspecified atom stereocenters. The van der Waals surface area contributed by atoms with Crippen LogP contribution in [-0.4, -0.2) is 23.7 Å². The van der Waals surface area contributed by atoms with Crippen molar-refractivity contribution in [3.8, 4) is 0 Å². The zero-order valence-corrected chi connectivity index (χ0v) is 13.6. The highest BCUT2D eigenvalue weighted by molar-refractivity contribution is 8.00. The van der Waals surface area contributed by atoms with Gasteiger partial charge in [0.15, 0.2) is 18.2 Å². The van der Waals surface area contributed by atoms with E-state index in [1.807, 2.05) is 30.3 Å². The van der Waals surface area contributed by atoms with Gasteiger partial charge in [-0.3, -0.25) is 9.59 Å². The van der Waals surface area contributed by atoms with E-state index >= 15 is 0 Å². The van der Waals surface area contributed by atoms with Gasteiger partial charge in [-0.2, -0.15) is 0 Å². The number of ether oxygens (including phenoxy) is 1. The molecule has 7 heteroatoms. The van der Waals surface area contributed by atoms with E-state index in [0.29, 0.717) is 0 Å². The van der Waals surface area contributed by atoms with Crippen molar-refractivity contribution in [3.05, 3.63) is 60.2 Å². The normalized spacial score (nSPS) is 11.6. The number of nitrogens with one attached hydrogen (secondary N) is 1. The zero-order valence-electron chi connectivity index (χ0n) is 12.8. The fraction of sp³-hybridized carbons (Fsp3) is 0.176. The van der Waals surface area contributed by atoms with Crippen molar-refractivity contribution in [2.75, 3.05) is 11.9 Å². The molecule has 4 nitrogen and oxygen atoms in total. The first-order valence-electron chi connectivity index (χ1n) is 7.09. The summed E-state index contributed by atoms with van der Waals surface area (Å²) in [5.74, 6) is -3.25. The minimum atomic E-state index is -1.07. The minimum Gasteiger partial charge on any atom is -0.455 e. The molecule has 0 aromatic heterocycles. The van der Waals surface area contributed by atoms with Gasteiger partial charge in [0.1, 0.15) is 5.25 Å². The van der Waals surface area contributed by atoms with Gasteiger partial charge in [0.25, 0.3) is 5.91 Å². The number of carbonyl (C=O) groups excluding carboxylic acids is 2. The van der Waals surface area contributed by atoms with Crippen molar-refractivity contribution < 1.29 is 23.1 Å². The Morgan fingerprint density at radius 2 is 1.83 bits per heavy atom. The molecule has 0 heterocycles. The number of benzene rings is 2. The predicted octanol–water partition coefficient (Wildman–Crippen LogP) is 3.63. The summed E-state index contributed by atoms with van der Waals surface area (Å²) in [6.45, 7) is 1.17. The van der Waals surface area contributed by atoms with E-state index in [2.05, 4.69) is 5.32 Å². The maximum Gasteiger partial charge on any atom is 0.319 e. The largest absolute Gasteiger partial charge is 0.455 e. The van der Waals surface area contributed by atoms with Crippen LogP contribution in [0.25, 0.3) is 0 Å². The van der Waals surface area contributed by atoms with E-state index in [1.165, 1.54) is 17.8 Å². The number of hydrogen-bond donors (Lipinski definition) is 1. The van der Waals surface area contributed by atoms with Gasteiger partial charge < -0.3 is 10.1 Å². The molecule has 1 atom stereocenters. The summed E-state index contributed by atoms with van der Waals surface area (Å²) in [6.07, 6.45) is 0. The second kappa shape index (κ2) is 8.44. The SMILES string of the molecule is C[C@@H](Sc1ccccc1)C(=O)OCC(=O)Nc1ccc(F)c(F)c1. The van der Waals surface area contributed by atoms with Crippen LogP contribution >= 0.6 is 11.8 Å². The maximum absolute atomic E-state index is 13.0. The first-order chi connectivity index (χ1) is 11.5. The van der Waals surface area contributed by atoms with E-state index in [4.69, 9.17) is 4.74 Å². The number of anilines is 1. The molecule has 0 saturated heterocycles. The van der Waals surface area contributed by atoms with E-state index in [-0.39, 0.29) is 5.69 Å². The molecule has 0 saturated carbocycles. The number of halogens is 2. The molecule has 0 radical (unpaired) electrons. The number of thioether (sulfide) groups is 1. The van der Waals surface area contributed by atoms with Crippen molar-refractivity contribution in [2.24, 2.45) is 0 Å². The fourth-order valence-electron chi connectivity index (χ4n) is 1.78. The number of rotatable bonds is 6. The summed E-state index contributed by atoms with van der Waals surface area (Å²) in [6, 6.07) is 12.3. The third kappa shape index (κ3) is 5.34. The van der Waals surface area contributed by atoms with Gasteiger partial charge in [0.05, 0.1) is 0 Å². The molecule has 0 aliphatic heterocycles. The standard InChI is InChI=1S/C17H15F2NO3S/c1-11(24-13-5-3-2-4-6-13)17(22)23-10-16(21)20-12-7-8-14(18)15(19)9-12/h2-9,11H,10H2,1H3,(H,20,21)/t11-/m1/s1. The lowest BCUT2D eigenvalue weighted by molar-refractivity contribution is -0.146. The Labute approximate surface area is 142 Å². The third-order valence-corrected chi connectivity index (χ3v) is 4.03. The van der Waals surface area contributed by atoms with Crippen LogP contribution < -0.4 is 5.32 Å². The Morgan fingerprint density at radius 3 is 2.50 bits per heavy atom. The molecule has 2 rings (SSSR count). The van der Waals surface area contributed by atoms with Crippen LogP contribution in [0.15, 0.2) is 53.4 Å². The second-order valence-corrected chi connectivity index (χ2v) is 6.27. The molecule has 1 N–H and O–H groups in total. The summed E-state index contributed by atoms with van der Waals surface area (Å²) >= 11 is 1.31. The molecular formula is C17H15F2NO3S. The van der Waals surface area contributed by atoms with Crippen LogP contribution in [0.3, 0.4) is 0 Å². The molecule has 2 aromatic carbocycles. The third-order valence-electron chi connectivity index (χ3n) is 2.94. The number of esters is 1. The van der Waals surface area contributed by atoms with Gasteiger partial charge in [0, 0.05) is 16.6 Å². The highest BCUT2D eigenvalue weighted by Gasteiger charge is 2.17. The van der Waals surface area contributed by atoms with Gasteiger partial charge in [-0.05, 0) is 31.2 Å². The van der Waals surface area contributed by atoms with Crippen molar-refractivity contribution in [3.63, 3.8) is 0 Å². The fourth-order valence-corrected chi connectivity index (χ4v) is 2.66. The molecule has 0 aliphatic rings. The van der Waals surface area contributed by atoms with Crippen molar-refractivity contribution in [2.45, 2.75) is 17.1 Å². The Balaban J connectivity index is 1.80. The van der Waals surface area contributed by atoms with Crippen molar-refractivity contribution in [1.29, 1.82) is 0 Å². The van der Waals surface area contributed by atoms with Crippen LogP contribution in [0.4, 0.5) is 14.5 Å². The van der Waals surface area contributed by atoms with Crippen LogP contribution in [0.1, 0.15) is 6.92 Å². The summed E-state index contributed by atoms with van der Waals surface area (Å²) in [4.78, 5) is 24.5. The minimum absolute atomic E-state index is 0.0849. The van der Waals surface area contributed by atoms with Gasteiger partial charge >= 0.3 is 5.97 Å². The number of hydrogen-bond acceptors (Lipinski definition) is 4. The second-order valence-electron chi connectivity index (χ2n) is 4.86. The lowest BCUT2D eigenvalue weighted by atomic mass is 10.3. The van der Waals surface area contributed by atoms with Gasteiger partial charge in [-0.25, -0.2) is 8.78 Å². The van der Waals surface area contributed by atoms with E-state index < -0.39 is 35.4 Å². The summed E-state index contributed by atoms with van der Waals surface area (Å²) < 4.78 is 30.8. The Hall–Kier alpha value is -2.41. The Morgan fingerprint density at radius 1 is 1.12 bits per heavy atom. The molecule has 0 bridgehead atoms. The first-order valence-corrected chi connectivity index (χ1v) is 7.97. The lowest BCUT2D eigenvalue weighted by Crippen LogP contribution is -2.24. The summed E-state index contributed by atoms with van der Waals surface area (Å²) in [5, 5.41) is 1.84. The van der Waals surface area contributed by atoms with Gasteiger partial charge in [-0.15, -0.1) is 11.8 Å². The maximum atomic E-state index is 13.0. The molecule has 0 aliphatic carbocycles. The highest BCUT2D eigenvalue weighted by Crippen LogP contribution is 2.23. The molecule has 126 valence electrons. The summed E-state index contributed by atoms with van der Waals surface area (Å²) in [5.41, 5.74) is 0.0849. The average molecular weight is 351 g/mol. The molecular weight excluding hydrogens is 336 g/mol. The van der Waals surface area contributed by atoms with Crippen molar-refractivity contribution >= 4 is 29.3 Å². The molecule has 0 fully saturated rings. The van der Waals surface area contributed by atoms with E-state index in [1.54, 1.807) is 6.92 Å². The van der Waals surface area contributed by atoms with Crippen molar-refractivity contribution in [1.82, 2.24) is 0 Å². The molecule has 0 spiro atoms. The highest BCUT2D eigenvalue weighted by atomic mass is 32.2. The van der Waals surface area contributed by atoms with Crippen LogP contribution in [0, 0.1) is 11.6 Å². The Bertz CT molecular complexity index is 725. The molecule has 1 amide bonds. The van der Waals surface area contributed by atoms with Crippen LogP contribution in [-0.2, 0) is 14.3 Å². The Kier molecular flexibility index (Phi) is 6.31. The monoisotopic (exact) mass is 351 g/mol. The average Bonchev–Trinajstić information content (AvgIpc) is 2.57. The van der Waals surface area contributed by atoms with Gasteiger partial charge in [0.2, 0.25) is 0 Å². The van der Waals surface area contributed by atoms with Gasteiger partial charge in [-0.1, -0.05) is 18.2 Å². The quantitative estimate of drug-likeness (QED) is 0.638. The zero-order chi connectivity index (χ0) is 17.5. The van der Waals surface area contributed by atoms with E-state index in [9.17, 15) is 18.4 Å². The predicted molar refractivity (Wildman–Crippen MR) is 87.7 cm³/mol. The number of amides is 1. The summed E-state index contributed by atoms with van der Waals surface area (Å²) in [7, 11) is 0.